The molecule has 1 amide bonds. The second-order valence-corrected chi connectivity index (χ2v) is 11.6. The molecule has 2 aliphatic rings. The first kappa shape index (κ1) is 28.6. The lowest BCUT2D eigenvalue weighted by atomic mass is 10.0. The highest BCUT2D eigenvalue weighted by atomic mass is 35.5. The second-order valence-electron chi connectivity index (χ2n) is 10.1. The molecular weight excluding hydrogens is 555 g/mol. The maximum atomic E-state index is 13.8. The van der Waals surface area contributed by atoms with Crippen LogP contribution in [-0.4, -0.2) is 77.7 Å². The fraction of sp³-hybridized carbons (Fsp3) is 0.414. The third kappa shape index (κ3) is 5.37. The molecule has 3 aromatic rings. The number of ether oxygens (including phenoxy) is 2. The van der Waals surface area contributed by atoms with Gasteiger partial charge < -0.3 is 19.3 Å². The Morgan fingerprint density at radius 1 is 1.20 bits per heavy atom. The molecular formula is C29H32ClFN4O4S. The van der Waals surface area contributed by atoms with Crippen molar-refractivity contribution in [1.82, 2.24) is 14.5 Å². The van der Waals surface area contributed by atoms with Crippen molar-refractivity contribution in [3.8, 4) is 11.1 Å². The summed E-state index contributed by atoms with van der Waals surface area (Å²) >= 11 is 8.54. The van der Waals surface area contributed by atoms with Gasteiger partial charge in [-0.3, -0.25) is 9.36 Å². The molecule has 1 fully saturated rings. The predicted octanol–water partition coefficient (Wildman–Crippen LogP) is 4.60. The van der Waals surface area contributed by atoms with E-state index in [1.54, 1.807) is 35.6 Å². The van der Waals surface area contributed by atoms with Crippen LogP contribution in [0.15, 0.2) is 52.7 Å². The normalized spacial score (nSPS) is 21.0. The average Bonchev–Trinajstić information content (AvgIpc) is 3.11. The molecule has 0 aliphatic carbocycles. The number of piperazine rings is 1. The minimum Gasteiger partial charge on any atom is -0.382 e. The lowest BCUT2D eigenvalue weighted by Crippen LogP contribution is -2.58. The summed E-state index contributed by atoms with van der Waals surface area (Å²) < 4.78 is 26.7. The van der Waals surface area contributed by atoms with Crippen molar-refractivity contribution in [3.05, 3.63) is 64.3 Å². The smallest absolute Gasteiger partial charge is 0.350 e. The van der Waals surface area contributed by atoms with Crippen molar-refractivity contribution >= 4 is 46.0 Å². The van der Waals surface area contributed by atoms with Crippen molar-refractivity contribution in [3.63, 3.8) is 0 Å². The van der Waals surface area contributed by atoms with Gasteiger partial charge in [0, 0.05) is 53.9 Å². The van der Waals surface area contributed by atoms with Crippen LogP contribution in [0.3, 0.4) is 0 Å². The van der Waals surface area contributed by atoms with E-state index in [4.69, 9.17) is 21.1 Å². The van der Waals surface area contributed by atoms with Gasteiger partial charge in [0.1, 0.15) is 11.6 Å². The molecule has 2 aliphatic heterocycles. The molecule has 212 valence electrons. The molecule has 1 saturated heterocycles. The highest BCUT2D eigenvalue weighted by Crippen LogP contribution is 2.45. The third-order valence-corrected chi connectivity index (χ3v) is 8.89. The Kier molecular flexibility index (Phi) is 8.51. The first-order valence-electron chi connectivity index (χ1n) is 13.2. The Balaban J connectivity index is 1.67. The minimum absolute atomic E-state index is 0.120. The van der Waals surface area contributed by atoms with Crippen molar-refractivity contribution in [1.29, 1.82) is 0 Å². The molecule has 0 N–H and O–H groups in total. The van der Waals surface area contributed by atoms with Crippen LogP contribution in [0, 0.1) is 5.82 Å². The first-order chi connectivity index (χ1) is 19.2. The van der Waals surface area contributed by atoms with Gasteiger partial charge in [-0.2, -0.15) is 4.98 Å². The monoisotopic (exact) mass is 586 g/mol. The first-order valence-corrected chi connectivity index (χ1v) is 14.6. The van der Waals surface area contributed by atoms with Crippen LogP contribution in [0.2, 0.25) is 5.02 Å². The largest absolute Gasteiger partial charge is 0.382 e. The number of amides is 1. The quantitative estimate of drug-likeness (QED) is 0.296. The van der Waals surface area contributed by atoms with E-state index in [0.717, 1.165) is 26.9 Å². The van der Waals surface area contributed by atoms with Gasteiger partial charge in [-0.15, -0.1) is 11.8 Å². The molecule has 40 heavy (non-hydrogen) atoms. The van der Waals surface area contributed by atoms with Gasteiger partial charge in [0.25, 0.3) is 0 Å². The van der Waals surface area contributed by atoms with Crippen LogP contribution < -0.4 is 10.6 Å². The molecule has 0 bridgehead atoms. The highest BCUT2D eigenvalue weighted by molar-refractivity contribution is 7.99. The number of methoxy groups -OCH3 is 1. The number of rotatable bonds is 7. The van der Waals surface area contributed by atoms with Gasteiger partial charge in [-0.25, -0.2) is 9.18 Å². The number of thioether (sulfide) groups is 1. The zero-order valence-electron chi connectivity index (χ0n) is 22.7. The van der Waals surface area contributed by atoms with Crippen molar-refractivity contribution in [2.24, 2.45) is 0 Å². The summed E-state index contributed by atoms with van der Waals surface area (Å²) in [5.41, 5.74) is 1.84. The molecule has 2 aromatic carbocycles. The summed E-state index contributed by atoms with van der Waals surface area (Å²) in [6, 6.07) is 7.80. The van der Waals surface area contributed by atoms with Crippen molar-refractivity contribution in [2.75, 3.05) is 44.1 Å². The zero-order chi connectivity index (χ0) is 28.6. The van der Waals surface area contributed by atoms with Gasteiger partial charge in [-0.05, 0) is 43.7 Å². The lowest BCUT2D eigenvalue weighted by molar-refractivity contribution is -0.130. The number of carbonyl (C=O) groups excluding carboxylic acids is 1. The number of nitrogens with zero attached hydrogens (tertiary/aromatic N) is 4. The molecule has 0 radical (unpaired) electrons. The summed E-state index contributed by atoms with van der Waals surface area (Å²) in [6.07, 6.45) is 1.08. The van der Waals surface area contributed by atoms with E-state index in [9.17, 15) is 14.0 Å². The Labute approximate surface area is 241 Å². The van der Waals surface area contributed by atoms with Gasteiger partial charge in [0.2, 0.25) is 5.91 Å². The minimum atomic E-state index is -0.385. The van der Waals surface area contributed by atoms with Gasteiger partial charge >= 0.3 is 5.69 Å². The van der Waals surface area contributed by atoms with E-state index in [1.165, 1.54) is 18.2 Å². The van der Waals surface area contributed by atoms with Crippen LogP contribution in [0.5, 0.6) is 0 Å². The number of halogens is 2. The van der Waals surface area contributed by atoms with Crippen LogP contribution in [-0.2, 0) is 20.8 Å². The second kappa shape index (κ2) is 11.9. The number of hydrogen-bond acceptors (Lipinski definition) is 7. The molecule has 11 heteroatoms. The summed E-state index contributed by atoms with van der Waals surface area (Å²) in [7, 11) is 1.61. The van der Waals surface area contributed by atoms with E-state index in [0.29, 0.717) is 49.4 Å². The number of hydrogen-bond donors (Lipinski definition) is 0. The molecule has 5 rings (SSSR count). The number of aromatic nitrogens is 2. The van der Waals surface area contributed by atoms with Gasteiger partial charge in [0.15, 0.2) is 0 Å². The average molecular weight is 587 g/mol. The molecule has 8 nitrogen and oxygen atoms in total. The number of benzene rings is 2. The Morgan fingerprint density at radius 3 is 2.55 bits per heavy atom. The lowest BCUT2D eigenvalue weighted by Gasteiger charge is -2.44. The Hall–Kier alpha value is -2.92. The summed E-state index contributed by atoms with van der Waals surface area (Å²) in [5.74, 6) is 0.657. The molecule has 1 aromatic heterocycles. The molecule has 1 unspecified atom stereocenters. The SMILES string of the molecule is C=CC(=O)N1[C@H](C)CN(c2nc(=O)n3c4c(c(-c5ccc(F)cc5)c(Cl)cc24)SCC(OCCOC)C3)C[C@@H]1C. The number of anilines is 1. The molecule has 0 spiro atoms. The molecule has 0 saturated carbocycles. The summed E-state index contributed by atoms with van der Waals surface area (Å²) in [5, 5.41) is 1.23. The van der Waals surface area contributed by atoms with Crippen LogP contribution in [0.25, 0.3) is 22.0 Å². The van der Waals surface area contributed by atoms with Crippen molar-refractivity contribution < 1.29 is 18.7 Å². The van der Waals surface area contributed by atoms with Crippen LogP contribution >= 0.6 is 23.4 Å². The van der Waals surface area contributed by atoms with Crippen molar-refractivity contribution in [2.45, 2.75) is 43.5 Å². The molecule has 3 heterocycles. The van der Waals surface area contributed by atoms with Gasteiger partial charge in [-0.1, -0.05) is 30.3 Å². The van der Waals surface area contributed by atoms with E-state index in [1.807, 2.05) is 24.8 Å². The zero-order valence-corrected chi connectivity index (χ0v) is 24.3. The maximum Gasteiger partial charge on any atom is 0.350 e. The summed E-state index contributed by atoms with van der Waals surface area (Å²) in [6.45, 7) is 9.76. The topological polar surface area (TPSA) is 76.9 Å². The predicted molar refractivity (Wildman–Crippen MR) is 157 cm³/mol. The van der Waals surface area contributed by atoms with E-state index in [-0.39, 0.29) is 35.6 Å². The standard InChI is InChI=1S/C29H32ClFN4O4S/c1-5-24(36)35-17(2)13-33(14-18(35)3)28-22-12-23(30)25(19-6-8-20(31)9-7-19)27-26(22)34(29(37)32-28)15-21(16-40-27)39-11-10-38-4/h5-9,12,17-18,21H,1,10-11,13-16H2,2-4H3/t17-,18+,21?. The summed E-state index contributed by atoms with van der Waals surface area (Å²) in [4.78, 5) is 35.4. The number of carbonyl (C=O) groups is 1. The Morgan fingerprint density at radius 2 is 1.90 bits per heavy atom. The maximum absolute atomic E-state index is 13.8. The van der Waals surface area contributed by atoms with Crippen LogP contribution in [0.4, 0.5) is 10.2 Å². The Bertz CT molecular complexity index is 1490. The van der Waals surface area contributed by atoms with E-state index in [2.05, 4.69) is 16.5 Å². The third-order valence-electron chi connectivity index (χ3n) is 7.37. The fourth-order valence-electron chi connectivity index (χ4n) is 5.67. The fourth-order valence-corrected chi connectivity index (χ4v) is 7.32. The van der Waals surface area contributed by atoms with E-state index < -0.39 is 0 Å². The molecule has 3 atom stereocenters. The van der Waals surface area contributed by atoms with E-state index >= 15 is 0 Å². The van der Waals surface area contributed by atoms with Crippen LogP contribution in [0.1, 0.15) is 13.8 Å². The highest BCUT2D eigenvalue weighted by Gasteiger charge is 2.35. The van der Waals surface area contributed by atoms with Gasteiger partial charge in [0.05, 0.1) is 36.4 Å².